The van der Waals surface area contributed by atoms with Crippen LogP contribution in [0, 0.1) is 27.7 Å². The van der Waals surface area contributed by atoms with Gasteiger partial charge in [0, 0.05) is 62.9 Å². The Morgan fingerprint density at radius 2 is 0.961 bits per heavy atom. The number of rotatable bonds is 16. The Bertz CT molecular complexity index is 2820. The van der Waals surface area contributed by atoms with Crippen molar-refractivity contribution in [1.29, 1.82) is 0 Å². The third kappa shape index (κ3) is 12.7. The summed E-state index contributed by atoms with van der Waals surface area (Å²) in [5, 5.41) is 21.7. The van der Waals surface area contributed by atoms with Crippen LogP contribution in [-0.2, 0) is 45.6 Å². The van der Waals surface area contributed by atoms with E-state index in [0.29, 0.717) is 52.1 Å². The number of carbonyl (C=O) groups excluding carboxylic acids is 1. The first-order chi connectivity index (χ1) is 36.1. The Morgan fingerprint density at radius 3 is 1.34 bits per heavy atom. The van der Waals surface area contributed by atoms with E-state index in [1.165, 1.54) is 57.2 Å². The van der Waals surface area contributed by atoms with E-state index in [1.807, 2.05) is 24.3 Å². The molecule has 9 heteroatoms. The molecule has 76 heavy (non-hydrogen) atoms. The lowest BCUT2D eigenvalue weighted by molar-refractivity contribution is -0.139. The molecule has 8 rings (SSSR count). The lowest BCUT2D eigenvalue weighted by Gasteiger charge is -2.34. The van der Waals surface area contributed by atoms with Crippen molar-refractivity contribution in [2.24, 2.45) is 0 Å². The van der Waals surface area contributed by atoms with E-state index >= 15 is 0 Å². The SMILES string of the molecule is CCC(CC)(c1ccc(/C=C/C2(O)CCOCC2)c(C)c1)c1ccc(-c2ccc(CC(=O)OC)cc2)c(C)c1.CCC(CC)(c1ccc(/C=C/C2(O)CCOCC2)c(C)c1)c1ccc(B2OC(C)(C)C(C)(C)O2)c(C)c1. The molecule has 3 aliphatic heterocycles. The van der Waals surface area contributed by atoms with Gasteiger partial charge in [-0.3, -0.25) is 4.79 Å². The zero-order chi connectivity index (χ0) is 55.1. The van der Waals surface area contributed by atoms with Crippen LogP contribution < -0.4 is 5.46 Å². The molecule has 3 fully saturated rings. The number of methoxy groups -OCH3 is 1. The Hall–Kier alpha value is -5.13. The van der Waals surface area contributed by atoms with Gasteiger partial charge in [-0.25, -0.2) is 0 Å². The van der Waals surface area contributed by atoms with Gasteiger partial charge in [-0.05, 0) is 153 Å². The van der Waals surface area contributed by atoms with Gasteiger partial charge < -0.3 is 33.7 Å². The van der Waals surface area contributed by atoms with Crippen molar-refractivity contribution in [3.8, 4) is 11.1 Å². The Morgan fingerprint density at radius 1 is 0.566 bits per heavy atom. The predicted octanol–water partition coefficient (Wildman–Crippen LogP) is 13.6. The predicted molar refractivity (Wildman–Crippen MR) is 312 cm³/mol. The van der Waals surface area contributed by atoms with E-state index in [0.717, 1.165) is 53.4 Å². The van der Waals surface area contributed by atoms with E-state index in [1.54, 1.807) is 0 Å². The number of hydrogen-bond donors (Lipinski definition) is 2. The summed E-state index contributed by atoms with van der Waals surface area (Å²) < 4.78 is 28.3. The summed E-state index contributed by atoms with van der Waals surface area (Å²) in [7, 11) is 1.07. The molecule has 0 unspecified atom stereocenters. The first-order valence-electron chi connectivity index (χ1n) is 28.0. The monoisotopic (exact) mass is 1030 g/mol. The average molecular weight is 1030 g/mol. The van der Waals surface area contributed by atoms with Gasteiger partial charge in [0.2, 0.25) is 0 Å². The highest BCUT2D eigenvalue weighted by molar-refractivity contribution is 6.62. The topological polar surface area (TPSA) is 104 Å². The fourth-order valence-corrected chi connectivity index (χ4v) is 11.6. The Kier molecular flexibility index (Phi) is 18.7. The molecule has 0 aliphatic carbocycles. The molecule has 5 aromatic rings. The number of aryl methyl sites for hydroxylation is 4. The molecule has 3 saturated heterocycles. The van der Waals surface area contributed by atoms with Crippen molar-refractivity contribution in [3.05, 3.63) is 170 Å². The maximum atomic E-state index is 11.6. The minimum absolute atomic E-state index is 0.0782. The van der Waals surface area contributed by atoms with E-state index in [9.17, 15) is 15.0 Å². The fraction of sp³-hybridized carbons (Fsp3) is 0.478. The van der Waals surface area contributed by atoms with Crippen LogP contribution in [0.3, 0.4) is 0 Å². The number of ether oxygens (including phenoxy) is 3. The van der Waals surface area contributed by atoms with Crippen molar-refractivity contribution < 1.29 is 38.5 Å². The van der Waals surface area contributed by atoms with Gasteiger partial charge in [0.15, 0.2) is 0 Å². The first-order valence-corrected chi connectivity index (χ1v) is 28.0. The molecular formula is C67H87BO8. The third-order valence-electron chi connectivity index (χ3n) is 17.9. The number of benzene rings is 5. The van der Waals surface area contributed by atoms with Gasteiger partial charge in [0.1, 0.15) is 0 Å². The standard InChI is InChI=1S/C35H42O4.C32H45BO4/c1-6-35(7-2,30-13-12-28(25(3)22-30)16-17-34(37)18-20-39-21-19-34)31-14-15-32(26(4)23-31)29-10-8-27(9-11-29)24-33(36)38-5;1-9-32(10-2,26-12-11-25(23(3)21-26)15-16-31(34)17-19-35-20-18-31)27-13-14-28(24(4)22-27)33-36-29(5,6)30(7,8)37-33/h8-17,22-23,37H,6-7,18-21,24H2,1-5H3;11-16,21-22,34H,9-10,17-20H2,1-8H3/b17-16+;16-15+. The van der Waals surface area contributed by atoms with Crippen molar-refractivity contribution in [2.75, 3.05) is 33.5 Å². The molecule has 406 valence electrons. The molecule has 2 N–H and O–H groups in total. The molecular weight excluding hydrogens is 944 g/mol. The highest BCUT2D eigenvalue weighted by Gasteiger charge is 2.52. The minimum Gasteiger partial charge on any atom is -0.469 e. The maximum absolute atomic E-state index is 11.6. The Balaban J connectivity index is 0.000000221. The van der Waals surface area contributed by atoms with Crippen LogP contribution in [0.4, 0.5) is 0 Å². The van der Waals surface area contributed by atoms with E-state index in [2.05, 4.69) is 180 Å². The largest absolute Gasteiger partial charge is 0.495 e. The molecule has 0 radical (unpaired) electrons. The fourth-order valence-electron chi connectivity index (χ4n) is 11.6. The molecule has 0 saturated carbocycles. The van der Waals surface area contributed by atoms with Crippen LogP contribution in [0.25, 0.3) is 23.3 Å². The molecule has 3 heterocycles. The number of carbonyl (C=O) groups is 1. The van der Waals surface area contributed by atoms with Crippen LogP contribution in [0.1, 0.15) is 168 Å². The molecule has 3 aliphatic rings. The van der Waals surface area contributed by atoms with Crippen molar-refractivity contribution in [3.63, 3.8) is 0 Å². The quantitative estimate of drug-likeness (QED) is 0.0744. The number of hydrogen-bond acceptors (Lipinski definition) is 8. The molecule has 0 bridgehead atoms. The molecule has 0 aromatic heterocycles. The van der Waals surface area contributed by atoms with Crippen molar-refractivity contribution in [1.82, 2.24) is 0 Å². The average Bonchev–Trinajstić information content (AvgIpc) is 3.65. The van der Waals surface area contributed by atoms with Gasteiger partial charge in [0.05, 0.1) is 35.9 Å². The summed E-state index contributed by atoms with van der Waals surface area (Å²) in [6.07, 6.45) is 14.9. The molecule has 5 aromatic carbocycles. The van der Waals surface area contributed by atoms with Crippen LogP contribution in [0.5, 0.6) is 0 Å². The van der Waals surface area contributed by atoms with E-state index in [4.69, 9.17) is 23.5 Å². The smallest absolute Gasteiger partial charge is 0.469 e. The molecule has 8 nitrogen and oxygen atoms in total. The summed E-state index contributed by atoms with van der Waals surface area (Å²) in [5.74, 6) is -0.227. The summed E-state index contributed by atoms with van der Waals surface area (Å²) in [4.78, 5) is 11.6. The minimum atomic E-state index is -0.777. The van der Waals surface area contributed by atoms with Crippen LogP contribution in [0.2, 0.25) is 0 Å². The van der Waals surface area contributed by atoms with Gasteiger partial charge in [-0.2, -0.15) is 0 Å². The first kappa shape index (κ1) is 58.6. The van der Waals surface area contributed by atoms with E-state index in [-0.39, 0.29) is 41.5 Å². The second-order valence-corrected chi connectivity index (χ2v) is 23.0. The second kappa shape index (κ2) is 24.3. The van der Waals surface area contributed by atoms with Gasteiger partial charge in [0.25, 0.3) is 0 Å². The zero-order valence-electron chi connectivity index (χ0n) is 48.2. The summed E-state index contributed by atoms with van der Waals surface area (Å²) in [5.41, 5.74) is 14.5. The van der Waals surface area contributed by atoms with Gasteiger partial charge in [-0.15, -0.1) is 0 Å². The maximum Gasteiger partial charge on any atom is 0.495 e. The highest BCUT2D eigenvalue weighted by Crippen LogP contribution is 2.43. The second-order valence-electron chi connectivity index (χ2n) is 23.0. The van der Waals surface area contributed by atoms with Gasteiger partial charge >= 0.3 is 13.1 Å². The van der Waals surface area contributed by atoms with Crippen molar-refractivity contribution in [2.45, 2.75) is 174 Å². The van der Waals surface area contributed by atoms with Crippen LogP contribution in [0.15, 0.2) is 109 Å². The summed E-state index contributed by atoms with van der Waals surface area (Å²) >= 11 is 0. The molecule has 0 atom stereocenters. The Labute approximate surface area is 456 Å². The summed E-state index contributed by atoms with van der Waals surface area (Å²) in [6.45, 7) is 28.6. The normalized spacial score (nSPS) is 18.2. The highest BCUT2D eigenvalue weighted by atomic mass is 16.7. The van der Waals surface area contributed by atoms with E-state index < -0.39 is 11.2 Å². The lowest BCUT2D eigenvalue weighted by Crippen LogP contribution is -2.41. The zero-order valence-corrected chi connectivity index (χ0v) is 48.2. The lowest BCUT2D eigenvalue weighted by atomic mass is 9.68. The number of esters is 1. The molecule has 0 amide bonds. The number of aliphatic hydroxyl groups is 2. The van der Waals surface area contributed by atoms with Gasteiger partial charge in [-0.1, -0.05) is 155 Å². The van der Waals surface area contributed by atoms with Crippen LogP contribution >= 0.6 is 0 Å². The van der Waals surface area contributed by atoms with Crippen LogP contribution in [-0.4, -0.2) is 79.2 Å². The third-order valence-corrected chi connectivity index (χ3v) is 17.9. The molecule has 0 spiro atoms. The summed E-state index contributed by atoms with van der Waals surface area (Å²) in [6, 6.07) is 35.4. The van der Waals surface area contributed by atoms with Crippen molar-refractivity contribution >= 4 is 30.7 Å².